The van der Waals surface area contributed by atoms with Crippen LogP contribution in [-0.4, -0.2) is 34.4 Å². The molecule has 1 atom stereocenters. The van der Waals surface area contributed by atoms with Gasteiger partial charge < -0.3 is 20.7 Å². The lowest BCUT2D eigenvalue weighted by atomic mass is 9.92. The fourth-order valence-electron chi connectivity index (χ4n) is 3.45. The maximum absolute atomic E-state index is 12.9. The number of aromatic amines is 1. The van der Waals surface area contributed by atoms with E-state index in [0.29, 0.717) is 16.9 Å². The number of anilines is 4. The van der Waals surface area contributed by atoms with Crippen LogP contribution in [0, 0.1) is 0 Å². The lowest BCUT2D eigenvalue weighted by Gasteiger charge is -2.23. The Morgan fingerprint density at radius 2 is 1.79 bits per heavy atom. The van der Waals surface area contributed by atoms with E-state index in [0.717, 1.165) is 0 Å². The maximum Gasteiger partial charge on any atom is 0.338 e. The number of nitrogens with zero attached hydrogens (tertiary/aromatic N) is 1. The van der Waals surface area contributed by atoms with E-state index in [1.807, 2.05) is 18.2 Å². The van der Waals surface area contributed by atoms with Crippen molar-refractivity contribution in [2.75, 3.05) is 22.6 Å². The van der Waals surface area contributed by atoms with Crippen molar-refractivity contribution in [3.05, 3.63) is 76.1 Å². The molecule has 0 fully saturated rings. The zero-order valence-corrected chi connectivity index (χ0v) is 17.7. The molecule has 2 aromatic carbocycles. The number of esters is 1. The first kappa shape index (κ1) is 21.8. The Bertz CT molecular complexity index is 1250. The predicted molar refractivity (Wildman–Crippen MR) is 122 cm³/mol. The number of aromatic nitrogens is 2. The summed E-state index contributed by atoms with van der Waals surface area (Å²) >= 11 is 0. The maximum atomic E-state index is 12.9. The molecule has 1 unspecified atom stereocenters. The number of fused-ring (bicyclic) bond motifs is 1. The highest BCUT2D eigenvalue weighted by Gasteiger charge is 2.34. The highest BCUT2D eigenvalue weighted by Crippen LogP contribution is 2.30. The average molecular weight is 447 g/mol. The number of carbonyl (C=O) groups is 3. The Labute approximate surface area is 188 Å². The lowest BCUT2D eigenvalue weighted by molar-refractivity contribution is -0.123. The molecule has 3 aromatic rings. The van der Waals surface area contributed by atoms with E-state index in [1.165, 1.54) is 12.1 Å². The Kier molecular flexibility index (Phi) is 6.16. The molecule has 0 saturated heterocycles. The van der Waals surface area contributed by atoms with Crippen molar-refractivity contribution in [1.29, 1.82) is 0 Å². The van der Waals surface area contributed by atoms with Crippen LogP contribution in [-0.2, 0) is 14.3 Å². The molecule has 10 nitrogen and oxygen atoms in total. The van der Waals surface area contributed by atoms with Gasteiger partial charge in [0.05, 0.1) is 23.7 Å². The molecule has 2 amide bonds. The van der Waals surface area contributed by atoms with Crippen LogP contribution in [0.4, 0.5) is 23.1 Å². The third kappa shape index (κ3) is 4.90. The summed E-state index contributed by atoms with van der Waals surface area (Å²) < 4.78 is 4.93. The van der Waals surface area contributed by atoms with E-state index in [4.69, 9.17) is 4.74 Å². The largest absolute Gasteiger partial charge is 0.462 e. The van der Waals surface area contributed by atoms with E-state index in [9.17, 15) is 19.2 Å². The zero-order valence-electron chi connectivity index (χ0n) is 17.7. The molecule has 1 aromatic heterocycles. The summed E-state index contributed by atoms with van der Waals surface area (Å²) in [6, 6.07) is 15.2. The second kappa shape index (κ2) is 9.35. The van der Waals surface area contributed by atoms with Crippen LogP contribution in [0.5, 0.6) is 0 Å². The summed E-state index contributed by atoms with van der Waals surface area (Å²) in [5, 5.41) is 8.21. The molecule has 0 spiro atoms. The van der Waals surface area contributed by atoms with Crippen molar-refractivity contribution in [3.63, 3.8) is 0 Å². The van der Waals surface area contributed by atoms with Crippen molar-refractivity contribution < 1.29 is 19.1 Å². The molecular weight excluding hydrogens is 426 g/mol. The summed E-state index contributed by atoms with van der Waals surface area (Å²) in [6.45, 7) is 1.97. The van der Waals surface area contributed by atoms with Crippen LogP contribution in [0.1, 0.15) is 35.2 Å². The standard InChI is InChI=1S/C23H21N5O5/c1-2-33-22(32)13-8-10-15(11-9-13)24-20(30)16-12-17(29)26-19-18(16)21(31)28-23(27-19)25-14-6-4-3-5-7-14/h3-11,16H,2,12H2,1H3,(H,24,30)(H3,25,26,27,28,29,31). The molecular formula is C23H21N5O5. The van der Waals surface area contributed by atoms with Crippen LogP contribution >= 0.6 is 0 Å². The fourth-order valence-corrected chi connectivity index (χ4v) is 3.45. The molecule has 0 radical (unpaired) electrons. The van der Waals surface area contributed by atoms with E-state index in [1.54, 1.807) is 31.2 Å². The van der Waals surface area contributed by atoms with Gasteiger partial charge in [-0.2, -0.15) is 4.98 Å². The summed E-state index contributed by atoms with van der Waals surface area (Å²) in [7, 11) is 0. The molecule has 10 heteroatoms. The summed E-state index contributed by atoms with van der Waals surface area (Å²) in [5.74, 6) is -2.28. The van der Waals surface area contributed by atoms with Crippen molar-refractivity contribution in [2.45, 2.75) is 19.3 Å². The van der Waals surface area contributed by atoms with Gasteiger partial charge in [0.2, 0.25) is 17.8 Å². The Hall–Kier alpha value is -4.47. The number of nitrogens with one attached hydrogen (secondary N) is 4. The predicted octanol–water partition coefficient (Wildman–Crippen LogP) is 2.75. The van der Waals surface area contributed by atoms with Crippen molar-refractivity contribution in [2.24, 2.45) is 0 Å². The zero-order chi connectivity index (χ0) is 23.4. The number of hydrogen-bond acceptors (Lipinski definition) is 7. The first-order chi connectivity index (χ1) is 15.9. The third-order valence-electron chi connectivity index (χ3n) is 4.97. The minimum atomic E-state index is -1.03. The molecule has 1 aliphatic rings. The normalized spacial score (nSPS) is 14.6. The number of ether oxygens (including phenoxy) is 1. The number of H-pyrrole nitrogens is 1. The molecule has 0 bridgehead atoms. The van der Waals surface area contributed by atoms with Gasteiger partial charge in [-0.25, -0.2) is 4.79 Å². The molecule has 33 heavy (non-hydrogen) atoms. The van der Waals surface area contributed by atoms with Crippen LogP contribution < -0.4 is 21.5 Å². The van der Waals surface area contributed by atoms with Crippen molar-refractivity contribution in [3.8, 4) is 0 Å². The molecule has 2 heterocycles. The second-order valence-electron chi connectivity index (χ2n) is 7.26. The third-order valence-corrected chi connectivity index (χ3v) is 4.97. The van der Waals surface area contributed by atoms with Gasteiger partial charge in [-0.05, 0) is 43.3 Å². The molecule has 4 N–H and O–H groups in total. The number of hydrogen-bond donors (Lipinski definition) is 4. The average Bonchev–Trinajstić information content (AvgIpc) is 2.79. The smallest absolute Gasteiger partial charge is 0.338 e. The van der Waals surface area contributed by atoms with E-state index >= 15 is 0 Å². The minimum absolute atomic E-state index is 0.0336. The first-order valence-electron chi connectivity index (χ1n) is 10.3. The summed E-state index contributed by atoms with van der Waals surface area (Å²) in [4.78, 5) is 56.7. The van der Waals surface area contributed by atoms with Gasteiger partial charge in [0.25, 0.3) is 5.56 Å². The topological polar surface area (TPSA) is 142 Å². The first-order valence-corrected chi connectivity index (χ1v) is 10.3. The van der Waals surface area contributed by atoms with Crippen LogP contribution in [0.25, 0.3) is 0 Å². The quantitative estimate of drug-likeness (QED) is 0.426. The summed E-state index contributed by atoms with van der Waals surface area (Å²) in [6.07, 6.45) is -0.198. The van der Waals surface area contributed by atoms with E-state index in [-0.39, 0.29) is 30.4 Å². The van der Waals surface area contributed by atoms with Gasteiger partial charge in [-0.15, -0.1) is 0 Å². The van der Waals surface area contributed by atoms with Gasteiger partial charge in [0, 0.05) is 17.8 Å². The number of carbonyl (C=O) groups excluding carboxylic acids is 3. The van der Waals surface area contributed by atoms with Crippen molar-refractivity contribution >= 4 is 40.9 Å². The van der Waals surface area contributed by atoms with Gasteiger partial charge in [-0.3, -0.25) is 19.4 Å². The molecule has 0 saturated carbocycles. The van der Waals surface area contributed by atoms with Gasteiger partial charge in [0.1, 0.15) is 5.82 Å². The monoisotopic (exact) mass is 447 g/mol. The van der Waals surface area contributed by atoms with Crippen LogP contribution in [0.2, 0.25) is 0 Å². The number of benzene rings is 2. The SMILES string of the molecule is CCOC(=O)c1ccc(NC(=O)C2CC(=O)Nc3nc(Nc4ccccc4)[nH]c(=O)c32)cc1. The van der Waals surface area contributed by atoms with E-state index in [2.05, 4.69) is 25.9 Å². The van der Waals surface area contributed by atoms with Crippen LogP contribution in [0.3, 0.4) is 0 Å². The van der Waals surface area contributed by atoms with E-state index < -0.39 is 29.3 Å². The summed E-state index contributed by atoms with van der Waals surface area (Å²) in [5.41, 5.74) is 0.997. The van der Waals surface area contributed by atoms with Gasteiger partial charge in [-0.1, -0.05) is 18.2 Å². The fraction of sp³-hybridized carbons (Fsp3) is 0.174. The van der Waals surface area contributed by atoms with Crippen LogP contribution in [0.15, 0.2) is 59.4 Å². The Morgan fingerprint density at radius 1 is 1.06 bits per heavy atom. The number of rotatable bonds is 6. The van der Waals surface area contributed by atoms with Crippen molar-refractivity contribution in [1.82, 2.24) is 9.97 Å². The highest BCUT2D eigenvalue weighted by molar-refractivity contribution is 6.04. The molecule has 168 valence electrons. The minimum Gasteiger partial charge on any atom is -0.462 e. The second-order valence-corrected chi connectivity index (χ2v) is 7.26. The highest BCUT2D eigenvalue weighted by atomic mass is 16.5. The molecule has 4 rings (SSSR count). The number of amides is 2. The lowest BCUT2D eigenvalue weighted by Crippen LogP contribution is -2.36. The molecule has 1 aliphatic heterocycles. The van der Waals surface area contributed by atoms with Gasteiger partial charge >= 0.3 is 5.97 Å². The Balaban J connectivity index is 1.56. The molecule has 0 aliphatic carbocycles. The Morgan fingerprint density at radius 3 is 2.48 bits per heavy atom. The number of para-hydroxylation sites is 1. The van der Waals surface area contributed by atoms with Gasteiger partial charge in [0.15, 0.2) is 0 Å².